The Balaban J connectivity index is 2.52. The number of aryl methyl sites for hydroxylation is 2. The van der Waals surface area contributed by atoms with Gasteiger partial charge >= 0.3 is 6.09 Å². The first-order chi connectivity index (χ1) is 7.63. The number of hydrogen-bond donors (Lipinski definition) is 1. The highest BCUT2D eigenvalue weighted by molar-refractivity contribution is 5.70. The van der Waals surface area contributed by atoms with Crippen molar-refractivity contribution >= 4 is 6.09 Å². The summed E-state index contributed by atoms with van der Waals surface area (Å²) in [5, 5.41) is 2.72. The number of carbonyl (C=O) groups excluding carboxylic acids is 1. The molecule has 0 fully saturated rings. The molecule has 3 nitrogen and oxygen atoms in total. The van der Waals surface area contributed by atoms with Gasteiger partial charge in [0.2, 0.25) is 0 Å². The third-order valence-electron chi connectivity index (χ3n) is 2.35. The van der Waals surface area contributed by atoms with Gasteiger partial charge in [-0.15, -0.1) is 0 Å². The Morgan fingerprint density at radius 3 is 2.81 bits per heavy atom. The van der Waals surface area contributed by atoms with Crippen LogP contribution < -0.4 is 10.1 Å². The van der Waals surface area contributed by atoms with E-state index in [1.165, 1.54) is 0 Å². The van der Waals surface area contributed by atoms with Crippen molar-refractivity contribution < 1.29 is 9.53 Å². The first kappa shape index (κ1) is 12.6. The number of nitrogens with one attached hydrogen (secondary N) is 1. The van der Waals surface area contributed by atoms with Gasteiger partial charge in [-0.2, -0.15) is 0 Å². The van der Waals surface area contributed by atoms with Gasteiger partial charge in [-0.25, -0.2) is 4.79 Å². The maximum atomic E-state index is 11.4. The number of unbranched alkanes of at least 4 members (excludes halogenated alkanes) is 1. The van der Waals surface area contributed by atoms with Crippen molar-refractivity contribution in [3.63, 3.8) is 0 Å². The minimum atomic E-state index is -0.373. The van der Waals surface area contributed by atoms with Gasteiger partial charge in [0.1, 0.15) is 5.75 Å². The molecule has 1 rings (SSSR count). The molecule has 0 aromatic heterocycles. The number of benzene rings is 1. The highest BCUT2D eigenvalue weighted by Gasteiger charge is 2.05. The summed E-state index contributed by atoms with van der Waals surface area (Å²) < 4.78 is 5.22. The Morgan fingerprint density at radius 1 is 1.38 bits per heavy atom. The lowest BCUT2D eigenvalue weighted by Gasteiger charge is -2.09. The van der Waals surface area contributed by atoms with E-state index < -0.39 is 0 Å². The standard InChI is InChI=1S/C13H19NO2/c1-4-5-8-14-13(15)16-12-9-10(2)6-7-11(12)3/h6-7,9H,4-5,8H2,1-3H3,(H,14,15). The maximum absolute atomic E-state index is 11.4. The minimum absolute atomic E-state index is 0.373. The van der Waals surface area contributed by atoms with E-state index in [0.29, 0.717) is 12.3 Å². The summed E-state index contributed by atoms with van der Waals surface area (Å²) in [4.78, 5) is 11.4. The molecule has 16 heavy (non-hydrogen) atoms. The Kier molecular flexibility index (Phi) is 4.83. The van der Waals surface area contributed by atoms with E-state index in [9.17, 15) is 4.79 Å². The van der Waals surface area contributed by atoms with Crippen LogP contribution in [0.5, 0.6) is 5.75 Å². The van der Waals surface area contributed by atoms with Crippen molar-refractivity contribution in [3.05, 3.63) is 29.3 Å². The molecule has 3 heteroatoms. The lowest BCUT2D eigenvalue weighted by Crippen LogP contribution is -2.27. The molecule has 0 heterocycles. The predicted molar refractivity (Wildman–Crippen MR) is 64.9 cm³/mol. The number of amides is 1. The van der Waals surface area contributed by atoms with Crippen molar-refractivity contribution in [1.82, 2.24) is 5.32 Å². The smallest absolute Gasteiger partial charge is 0.410 e. The third-order valence-corrected chi connectivity index (χ3v) is 2.35. The van der Waals surface area contributed by atoms with E-state index in [4.69, 9.17) is 4.74 Å². The summed E-state index contributed by atoms with van der Waals surface area (Å²) in [5.41, 5.74) is 2.05. The lowest BCUT2D eigenvalue weighted by molar-refractivity contribution is 0.200. The van der Waals surface area contributed by atoms with Crippen LogP contribution in [0.2, 0.25) is 0 Å². The van der Waals surface area contributed by atoms with Gasteiger partial charge in [0.15, 0.2) is 0 Å². The molecule has 1 N–H and O–H groups in total. The van der Waals surface area contributed by atoms with Gasteiger partial charge in [-0.1, -0.05) is 25.5 Å². The molecule has 1 amide bonds. The third kappa shape index (κ3) is 3.93. The fourth-order valence-corrected chi connectivity index (χ4v) is 1.32. The van der Waals surface area contributed by atoms with E-state index >= 15 is 0 Å². The van der Waals surface area contributed by atoms with E-state index in [2.05, 4.69) is 12.2 Å². The SMILES string of the molecule is CCCCNC(=O)Oc1cc(C)ccc1C. The molecule has 0 aliphatic rings. The molecule has 0 radical (unpaired) electrons. The number of ether oxygens (including phenoxy) is 1. The second-order valence-electron chi connectivity index (χ2n) is 3.94. The zero-order valence-electron chi connectivity index (χ0n) is 10.2. The second kappa shape index (κ2) is 6.16. The molecule has 1 aromatic rings. The van der Waals surface area contributed by atoms with Gasteiger partial charge in [0.05, 0.1) is 0 Å². The molecule has 0 spiro atoms. The zero-order chi connectivity index (χ0) is 12.0. The summed E-state index contributed by atoms with van der Waals surface area (Å²) in [6.07, 6.45) is 1.66. The second-order valence-corrected chi connectivity index (χ2v) is 3.94. The fraction of sp³-hybridized carbons (Fsp3) is 0.462. The van der Waals surface area contributed by atoms with E-state index in [0.717, 1.165) is 24.0 Å². The van der Waals surface area contributed by atoms with Crippen LogP contribution in [-0.2, 0) is 0 Å². The summed E-state index contributed by atoms with van der Waals surface area (Å²) >= 11 is 0. The van der Waals surface area contributed by atoms with Crippen molar-refractivity contribution in [3.8, 4) is 5.75 Å². The first-order valence-corrected chi connectivity index (χ1v) is 5.66. The predicted octanol–water partition coefficient (Wildman–Crippen LogP) is 3.19. The van der Waals surface area contributed by atoms with Crippen LogP contribution in [0.4, 0.5) is 4.79 Å². The molecular formula is C13H19NO2. The summed E-state index contributed by atoms with van der Waals surface area (Å²) in [5.74, 6) is 0.633. The minimum Gasteiger partial charge on any atom is -0.410 e. The lowest BCUT2D eigenvalue weighted by atomic mass is 10.1. The average Bonchev–Trinajstić information content (AvgIpc) is 2.24. The normalized spacial score (nSPS) is 9.94. The van der Waals surface area contributed by atoms with Gasteiger partial charge in [-0.3, -0.25) is 0 Å². The average molecular weight is 221 g/mol. The van der Waals surface area contributed by atoms with E-state index in [1.54, 1.807) is 0 Å². The van der Waals surface area contributed by atoms with Crippen LogP contribution in [0.15, 0.2) is 18.2 Å². The van der Waals surface area contributed by atoms with E-state index in [-0.39, 0.29) is 6.09 Å². The molecule has 0 atom stereocenters. The molecule has 88 valence electrons. The summed E-state index contributed by atoms with van der Waals surface area (Å²) in [7, 11) is 0. The highest BCUT2D eigenvalue weighted by atomic mass is 16.6. The van der Waals surface area contributed by atoms with Crippen LogP contribution in [0.3, 0.4) is 0 Å². The Morgan fingerprint density at radius 2 is 2.12 bits per heavy atom. The fourth-order valence-electron chi connectivity index (χ4n) is 1.32. The van der Waals surface area contributed by atoms with Gasteiger partial charge in [-0.05, 0) is 37.5 Å². The Hall–Kier alpha value is -1.51. The summed E-state index contributed by atoms with van der Waals surface area (Å²) in [6, 6.07) is 5.82. The molecule has 1 aromatic carbocycles. The topological polar surface area (TPSA) is 38.3 Å². The van der Waals surface area contributed by atoms with Crippen molar-refractivity contribution in [2.45, 2.75) is 33.6 Å². The van der Waals surface area contributed by atoms with Crippen LogP contribution in [0.25, 0.3) is 0 Å². The first-order valence-electron chi connectivity index (χ1n) is 5.66. The molecule has 0 saturated heterocycles. The number of rotatable bonds is 4. The van der Waals surface area contributed by atoms with Crippen LogP contribution in [0.1, 0.15) is 30.9 Å². The molecule has 0 bridgehead atoms. The Bertz CT molecular complexity index is 361. The zero-order valence-corrected chi connectivity index (χ0v) is 10.2. The van der Waals surface area contributed by atoms with Gasteiger partial charge in [0.25, 0.3) is 0 Å². The number of hydrogen-bond acceptors (Lipinski definition) is 2. The van der Waals surface area contributed by atoms with Crippen molar-refractivity contribution in [2.24, 2.45) is 0 Å². The largest absolute Gasteiger partial charge is 0.412 e. The summed E-state index contributed by atoms with van der Waals surface area (Å²) in [6.45, 7) is 6.65. The number of carbonyl (C=O) groups is 1. The molecule has 0 aliphatic carbocycles. The Labute approximate surface area is 96.8 Å². The quantitative estimate of drug-likeness (QED) is 0.793. The van der Waals surface area contributed by atoms with E-state index in [1.807, 2.05) is 32.0 Å². The van der Waals surface area contributed by atoms with Crippen LogP contribution in [-0.4, -0.2) is 12.6 Å². The maximum Gasteiger partial charge on any atom is 0.412 e. The van der Waals surface area contributed by atoms with Crippen molar-refractivity contribution in [1.29, 1.82) is 0 Å². The van der Waals surface area contributed by atoms with Crippen LogP contribution >= 0.6 is 0 Å². The monoisotopic (exact) mass is 221 g/mol. The van der Waals surface area contributed by atoms with Crippen LogP contribution in [0, 0.1) is 13.8 Å². The highest BCUT2D eigenvalue weighted by Crippen LogP contribution is 2.18. The molecule has 0 unspecified atom stereocenters. The molecular weight excluding hydrogens is 202 g/mol. The van der Waals surface area contributed by atoms with Gasteiger partial charge in [0, 0.05) is 6.54 Å². The molecule has 0 saturated carbocycles. The molecule has 0 aliphatic heterocycles. The van der Waals surface area contributed by atoms with Gasteiger partial charge < -0.3 is 10.1 Å². The van der Waals surface area contributed by atoms with Crippen molar-refractivity contribution in [2.75, 3.05) is 6.54 Å².